The first-order chi connectivity index (χ1) is 7.20. The lowest BCUT2D eigenvalue weighted by molar-refractivity contribution is 0.387. The first-order valence-electron chi connectivity index (χ1n) is 5.82. The summed E-state index contributed by atoms with van der Waals surface area (Å²) in [5.74, 6) is 0.555. The van der Waals surface area contributed by atoms with Gasteiger partial charge in [0.2, 0.25) is 0 Å². The number of rotatable bonds is 6. The van der Waals surface area contributed by atoms with Crippen LogP contribution in [-0.4, -0.2) is 21.5 Å². The Morgan fingerprint density at radius 2 is 2.13 bits per heavy atom. The summed E-state index contributed by atoms with van der Waals surface area (Å²) < 4.78 is 2.01. The fourth-order valence-electron chi connectivity index (χ4n) is 1.79. The molecule has 1 N–H and O–H groups in total. The molecule has 0 radical (unpaired) electrons. The molecule has 1 aromatic rings. The zero-order valence-corrected chi connectivity index (χ0v) is 10.2. The van der Waals surface area contributed by atoms with Gasteiger partial charge >= 0.3 is 0 Å². The van der Waals surface area contributed by atoms with E-state index in [-0.39, 0.29) is 0 Å². The number of hydrogen-bond acceptors (Lipinski definition) is 3. The molecule has 1 rings (SSSR count). The number of aromatic nitrogens is 3. The molecule has 15 heavy (non-hydrogen) atoms. The minimum absolute atomic E-state index is 0.358. The molecule has 4 nitrogen and oxygen atoms in total. The average Bonchev–Trinajstić information content (AvgIpc) is 2.62. The molecule has 0 aliphatic heterocycles. The Hall–Kier alpha value is -0.900. The van der Waals surface area contributed by atoms with Gasteiger partial charge in [-0.1, -0.05) is 32.9 Å². The zero-order valence-electron chi connectivity index (χ0n) is 10.2. The van der Waals surface area contributed by atoms with Crippen LogP contribution in [-0.2, 0) is 6.54 Å². The highest BCUT2D eigenvalue weighted by Crippen LogP contribution is 2.20. The Balaban J connectivity index is 2.84. The van der Waals surface area contributed by atoms with Gasteiger partial charge in [-0.05, 0) is 18.9 Å². The minimum Gasteiger partial charge on any atom is -0.309 e. The van der Waals surface area contributed by atoms with E-state index in [2.05, 4.69) is 43.3 Å². The van der Waals surface area contributed by atoms with E-state index in [4.69, 9.17) is 0 Å². The molecule has 0 aromatic carbocycles. The van der Waals surface area contributed by atoms with Gasteiger partial charge in [0.1, 0.15) is 0 Å². The van der Waals surface area contributed by atoms with E-state index in [1.165, 1.54) is 5.69 Å². The second-order valence-electron chi connectivity index (χ2n) is 4.16. The van der Waals surface area contributed by atoms with E-state index >= 15 is 0 Å². The Morgan fingerprint density at radius 1 is 1.40 bits per heavy atom. The Morgan fingerprint density at radius 3 is 2.67 bits per heavy atom. The molecule has 0 aliphatic carbocycles. The van der Waals surface area contributed by atoms with E-state index in [9.17, 15) is 0 Å². The molecular weight excluding hydrogens is 188 g/mol. The second kappa shape index (κ2) is 5.85. The quantitative estimate of drug-likeness (QED) is 0.781. The van der Waals surface area contributed by atoms with Crippen molar-refractivity contribution < 1.29 is 0 Å². The SMILES string of the molecule is CCCn1nncc1C(NCC)C(C)C. The fraction of sp³-hybridized carbons (Fsp3) is 0.818. The van der Waals surface area contributed by atoms with Gasteiger partial charge in [-0.2, -0.15) is 0 Å². The lowest BCUT2D eigenvalue weighted by Gasteiger charge is -2.22. The van der Waals surface area contributed by atoms with Gasteiger partial charge in [0.25, 0.3) is 0 Å². The maximum Gasteiger partial charge on any atom is 0.0759 e. The topological polar surface area (TPSA) is 42.7 Å². The van der Waals surface area contributed by atoms with Crippen LogP contribution >= 0.6 is 0 Å². The summed E-state index contributed by atoms with van der Waals surface area (Å²) in [6.07, 6.45) is 2.97. The van der Waals surface area contributed by atoms with Crippen molar-refractivity contribution in [2.45, 2.75) is 46.7 Å². The first-order valence-corrected chi connectivity index (χ1v) is 5.82. The summed E-state index contributed by atoms with van der Waals surface area (Å²) in [6, 6.07) is 0.358. The molecule has 86 valence electrons. The van der Waals surface area contributed by atoms with Crippen LogP contribution in [0.2, 0.25) is 0 Å². The maximum atomic E-state index is 4.12. The van der Waals surface area contributed by atoms with Crippen LogP contribution in [0.3, 0.4) is 0 Å². The average molecular weight is 210 g/mol. The third-order valence-corrected chi connectivity index (χ3v) is 2.49. The minimum atomic E-state index is 0.358. The highest BCUT2D eigenvalue weighted by atomic mass is 15.4. The molecule has 1 unspecified atom stereocenters. The van der Waals surface area contributed by atoms with Crippen LogP contribution in [0.4, 0.5) is 0 Å². The molecule has 0 fully saturated rings. The summed E-state index contributed by atoms with van der Waals surface area (Å²) in [4.78, 5) is 0. The van der Waals surface area contributed by atoms with Gasteiger partial charge in [0, 0.05) is 6.54 Å². The van der Waals surface area contributed by atoms with Crippen molar-refractivity contribution in [3.05, 3.63) is 11.9 Å². The van der Waals surface area contributed by atoms with Crippen LogP contribution in [0, 0.1) is 5.92 Å². The zero-order chi connectivity index (χ0) is 11.3. The molecule has 0 spiro atoms. The fourth-order valence-corrected chi connectivity index (χ4v) is 1.79. The second-order valence-corrected chi connectivity index (χ2v) is 4.16. The smallest absolute Gasteiger partial charge is 0.0759 e. The molecule has 1 atom stereocenters. The Bertz CT molecular complexity index is 280. The molecular formula is C11H22N4. The van der Waals surface area contributed by atoms with Crippen molar-refractivity contribution in [3.63, 3.8) is 0 Å². The van der Waals surface area contributed by atoms with Gasteiger partial charge in [0.05, 0.1) is 17.9 Å². The van der Waals surface area contributed by atoms with Crippen molar-refractivity contribution in [2.24, 2.45) is 5.92 Å². The normalized spacial score (nSPS) is 13.4. The molecule has 0 saturated carbocycles. The summed E-state index contributed by atoms with van der Waals surface area (Å²) in [6.45, 7) is 10.6. The lowest BCUT2D eigenvalue weighted by atomic mass is 10.0. The summed E-state index contributed by atoms with van der Waals surface area (Å²) in [5.41, 5.74) is 1.20. The molecule has 0 bridgehead atoms. The van der Waals surface area contributed by atoms with Crippen LogP contribution in [0.15, 0.2) is 6.20 Å². The maximum absolute atomic E-state index is 4.12. The van der Waals surface area contributed by atoms with Crippen LogP contribution in [0.1, 0.15) is 45.9 Å². The van der Waals surface area contributed by atoms with Gasteiger partial charge in [0.15, 0.2) is 0 Å². The first kappa shape index (κ1) is 12.2. The number of hydrogen-bond donors (Lipinski definition) is 1. The van der Waals surface area contributed by atoms with Crippen LogP contribution in [0.25, 0.3) is 0 Å². The third-order valence-electron chi connectivity index (χ3n) is 2.49. The summed E-state index contributed by atoms with van der Waals surface area (Å²) in [5, 5.41) is 11.6. The van der Waals surface area contributed by atoms with E-state index in [0.29, 0.717) is 12.0 Å². The van der Waals surface area contributed by atoms with E-state index in [1.54, 1.807) is 0 Å². The largest absolute Gasteiger partial charge is 0.309 e. The number of nitrogens with zero attached hydrogens (tertiary/aromatic N) is 3. The Labute approximate surface area is 92.1 Å². The van der Waals surface area contributed by atoms with E-state index < -0.39 is 0 Å². The van der Waals surface area contributed by atoms with Crippen molar-refractivity contribution in [2.75, 3.05) is 6.54 Å². The van der Waals surface area contributed by atoms with Crippen molar-refractivity contribution in [1.82, 2.24) is 20.3 Å². The molecule has 4 heteroatoms. The molecule has 1 heterocycles. The van der Waals surface area contributed by atoms with Gasteiger partial charge in [-0.25, -0.2) is 4.68 Å². The lowest BCUT2D eigenvalue weighted by Crippen LogP contribution is -2.28. The third kappa shape index (κ3) is 3.02. The highest BCUT2D eigenvalue weighted by Gasteiger charge is 2.18. The van der Waals surface area contributed by atoms with Gasteiger partial charge < -0.3 is 5.32 Å². The van der Waals surface area contributed by atoms with Gasteiger partial charge in [-0.15, -0.1) is 5.10 Å². The van der Waals surface area contributed by atoms with Crippen LogP contribution in [0.5, 0.6) is 0 Å². The standard InChI is InChI=1S/C11H22N4/c1-5-7-15-10(8-13-14-15)11(9(3)4)12-6-2/h8-9,11-12H,5-7H2,1-4H3. The number of aryl methyl sites for hydroxylation is 1. The predicted octanol–water partition coefficient (Wildman–Crippen LogP) is 1.99. The molecule has 0 saturated heterocycles. The van der Waals surface area contributed by atoms with Crippen molar-refractivity contribution >= 4 is 0 Å². The van der Waals surface area contributed by atoms with Crippen LogP contribution < -0.4 is 5.32 Å². The molecule has 1 aromatic heterocycles. The highest BCUT2D eigenvalue weighted by molar-refractivity contribution is 5.03. The monoisotopic (exact) mass is 210 g/mol. The Kier molecular flexibility index (Phi) is 4.75. The van der Waals surface area contributed by atoms with Crippen molar-refractivity contribution in [3.8, 4) is 0 Å². The molecule has 0 amide bonds. The summed E-state index contributed by atoms with van der Waals surface area (Å²) in [7, 11) is 0. The molecule has 0 aliphatic rings. The number of nitrogens with one attached hydrogen (secondary N) is 1. The van der Waals surface area contributed by atoms with E-state index in [0.717, 1.165) is 19.5 Å². The van der Waals surface area contributed by atoms with E-state index in [1.807, 2.05) is 10.9 Å². The predicted molar refractivity (Wildman–Crippen MR) is 61.6 cm³/mol. The van der Waals surface area contributed by atoms with Crippen molar-refractivity contribution in [1.29, 1.82) is 0 Å². The summed E-state index contributed by atoms with van der Waals surface area (Å²) >= 11 is 0. The van der Waals surface area contributed by atoms with Gasteiger partial charge in [-0.3, -0.25) is 0 Å².